The average molecular weight is 394 g/mol. The lowest BCUT2D eigenvalue weighted by atomic mass is 10.2. The summed E-state index contributed by atoms with van der Waals surface area (Å²) in [6, 6.07) is 4.62. The average Bonchev–Trinajstić information content (AvgIpc) is 2.60. The normalized spacial score (nSPS) is 20.1. The van der Waals surface area contributed by atoms with Crippen LogP contribution in [0.15, 0.2) is 30.6 Å². The van der Waals surface area contributed by atoms with E-state index >= 15 is 0 Å². The number of alkyl halides is 3. The number of hydrogen-bond donors (Lipinski definition) is 1. The van der Waals surface area contributed by atoms with Gasteiger partial charge in [-0.15, -0.1) is 0 Å². The van der Waals surface area contributed by atoms with Gasteiger partial charge in [-0.1, -0.05) is 0 Å². The second kappa shape index (κ2) is 7.75. The van der Waals surface area contributed by atoms with Crippen LogP contribution >= 0.6 is 0 Å². The third-order valence-electron chi connectivity index (χ3n) is 4.36. The molecule has 2 aromatic rings. The summed E-state index contributed by atoms with van der Waals surface area (Å²) in [6.45, 7) is 6.69. The zero-order valence-electron chi connectivity index (χ0n) is 15.7. The highest BCUT2D eigenvalue weighted by molar-refractivity contribution is 6.04. The fraction of sp³-hybridized carbons (Fsp3) is 0.421. The highest BCUT2D eigenvalue weighted by Crippen LogP contribution is 2.31. The van der Waals surface area contributed by atoms with E-state index < -0.39 is 17.8 Å². The van der Waals surface area contributed by atoms with Gasteiger partial charge in [-0.3, -0.25) is 4.79 Å². The maximum Gasteiger partial charge on any atom is 0.433 e. The molecule has 0 saturated carbocycles. The van der Waals surface area contributed by atoms with Crippen LogP contribution in [0.5, 0.6) is 0 Å². The number of hydrogen-bond acceptors (Lipinski definition) is 5. The number of halogens is 3. The van der Waals surface area contributed by atoms with Crippen LogP contribution in [0.3, 0.4) is 0 Å². The molecule has 0 aliphatic carbocycles. The van der Waals surface area contributed by atoms with Crippen molar-refractivity contribution in [3.8, 4) is 0 Å². The molecular weight excluding hydrogens is 373 g/mol. The maximum absolute atomic E-state index is 12.8. The van der Waals surface area contributed by atoms with Crippen LogP contribution in [0, 0.1) is 6.92 Å². The second-order valence-corrected chi connectivity index (χ2v) is 6.91. The Bertz CT molecular complexity index is 845. The van der Waals surface area contributed by atoms with Gasteiger partial charge in [0.2, 0.25) is 0 Å². The molecule has 0 spiro atoms. The van der Waals surface area contributed by atoms with E-state index in [-0.39, 0.29) is 23.5 Å². The highest BCUT2D eigenvalue weighted by atomic mass is 19.4. The standard InChI is InChI=1S/C19H21F3N4O2/c1-11-6-15(8-24-17(11)19(20,21)22)25-18(27)14-4-5-16(23-7-14)26-9-12(2)28-13(3)10-26/h4-8,12-13H,9-10H2,1-3H3,(H,25,27). The lowest BCUT2D eigenvalue weighted by Crippen LogP contribution is -2.45. The Labute approximate surface area is 160 Å². The molecule has 0 radical (unpaired) electrons. The van der Waals surface area contributed by atoms with Gasteiger partial charge >= 0.3 is 6.18 Å². The Balaban J connectivity index is 1.69. The van der Waals surface area contributed by atoms with Crippen molar-refractivity contribution in [2.45, 2.75) is 39.2 Å². The molecule has 1 fully saturated rings. The van der Waals surface area contributed by atoms with Gasteiger partial charge in [-0.25, -0.2) is 9.97 Å². The fourth-order valence-corrected chi connectivity index (χ4v) is 3.22. The van der Waals surface area contributed by atoms with Gasteiger partial charge in [0, 0.05) is 19.3 Å². The Morgan fingerprint density at radius 1 is 1.18 bits per heavy atom. The molecule has 6 nitrogen and oxygen atoms in total. The van der Waals surface area contributed by atoms with Crippen molar-refractivity contribution in [1.29, 1.82) is 0 Å². The van der Waals surface area contributed by atoms with Gasteiger partial charge in [0.25, 0.3) is 5.91 Å². The summed E-state index contributed by atoms with van der Waals surface area (Å²) >= 11 is 0. The summed E-state index contributed by atoms with van der Waals surface area (Å²) in [6.07, 6.45) is -1.92. The number of carbonyl (C=O) groups excluding carboxylic acids is 1. The Hall–Kier alpha value is -2.68. The zero-order chi connectivity index (χ0) is 20.5. The van der Waals surface area contributed by atoms with Crippen LogP contribution < -0.4 is 10.2 Å². The van der Waals surface area contributed by atoms with Gasteiger partial charge in [-0.2, -0.15) is 13.2 Å². The lowest BCUT2D eigenvalue weighted by Gasteiger charge is -2.36. The minimum absolute atomic E-state index is 0.0608. The topological polar surface area (TPSA) is 67.4 Å². The molecule has 1 aliphatic heterocycles. The molecule has 150 valence electrons. The molecule has 28 heavy (non-hydrogen) atoms. The third kappa shape index (κ3) is 4.59. The lowest BCUT2D eigenvalue weighted by molar-refractivity contribution is -0.141. The number of ether oxygens (including phenoxy) is 1. The van der Waals surface area contributed by atoms with E-state index in [1.165, 1.54) is 19.2 Å². The summed E-state index contributed by atoms with van der Waals surface area (Å²) in [7, 11) is 0. The molecule has 1 aliphatic rings. The molecule has 2 unspecified atom stereocenters. The van der Waals surface area contributed by atoms with Crippen LogP contribution in [0.1, 0.15) is 35.5 Å². The summed E-state index contributed by atoms with van der Waals surface area (Å²) in [5.74, 6) is 0.273. The molecular formula is C19H21F3N4O2. The van der Waals surface area contributed by atoms with Crippen molar-refractivity contribution in [2.75, 3.05) is 23.3 Å². The largest absolute Gasteiger partial charge is 0.433 e. The second-order valence-electron chi connectivity index (χ2n) is 6.91. The van der Waals surface area contributed by atoms with E-state index in [2.05, 4.69) is 20.2 Å². The fourth-order valence-electron chi connectivity index (χ4n) is 3.22. The number of aromatic nitrogens is 2. The number of anilines is 2. The Kier molecular flexibility index (Phi) is 5.55. The van der Waals surface area contributed by atoms with Crippen molar-refractivity contribution in [3.05, 3.63) is 47.4 Å². The van der Waals surface area contributed by atoms with Crippen molar-refractivity contribution >= 4 is 17.4 Å². The van der Waals surface area contributed by atoms with Crippen molar-refractivity contribution in [3.63, 3.8) is 0 Å². The van der Waals surface area contributed by atoms with Crippen molar-refractivity contribution in [2.24, 2.45) is 0 Å². The molecule has 1 N–H and O–H groups in total. The first-order valence-electron chi connectivity index (χ1n) is 8.85. The predicted octanol–water partition coefficient (Wildman–Crippen LogP) is 3.67. The van der Waals surface area contributed by atoms with Crippen molar-refractivity contribution < 1.29 is 22.7 Å². The third-order valence-corrected chi connectivity index (χ3v) is 4.36. The van der Waals surface area contributed by atoms with Gasteiger partial charge in [0.1, 0.15) is 11.5 Å². The molecule has 3 heterocycles. The predicted molar refractivity (Wildman–Crippen MR) is 98.4 cm³/mol. The first-order chi connectivity index (χ1) is 13.1. The van der Waals surface area contributed by atoms with Crippen molar-refractivity contribution in [1.82, 2.24) is 9.97 Å². The van der Waals surface area contributed by atoms with E-state index in [9.17, 15) is 18.0 Å². The van der Waals surface area contributed by atoms with Crippen LogP contribution in [0.4, 0.5) is 24.7 Å². The Morgan fingerprint density at radius 3 is 2.39 bits per heavy atom. The first kappa shape index (κ1) is 20.1. The molecule has 2 aromatic heterocycles. The number of pyridine rings is 2. The van der Waals surface area contributed by atoms with E-state index in [0.29, 0.717) is 18.7 Å². The van der Waals surface area contributed by atoms with E-state index in [1.54, 1.807) is 12.1 Å². The van der Waals surface area contributed by atoms with Gasteiger partial charge in [-0.05, 0) is 44.5 Å². The Morgan fingerprint density at radius 2 is 1.86 bits per heavy atom. The summed E-state index contributed by atoms with van der Waals surface area (Å²) in [5, 5.41) is 2.55. The SMILES string of the molecule is Cc1cc(NC(=O)c2ccc(N3CC(C)OC(C)C3)nc2)cnc1C(F)(F)F. The van der Waals surface area contributed by atoms with E-state index in [0.717, 1.165) is 12.0 Å². The first-order valence-corrected chi connectivity index (χ1v) is 8.85. The minimum atomic E-state index is -4.53. The number of amides is 1. The summed E-state index contributed by atoms with van der Waals surface area (Å²) in [4.78, 5) is 22.2. The highest BCUT2D eigenvalue weighted by Gasteiger charge is 2.34. The van der Waals surface area contributed by atoms with Crippen LogP contribution in [0.25, 0.3) is 0 Å². The van der Waals surface area contributed by atoms with Gasteiger partial charge < -0.3 is 15.0 Å². The van der Waals surface area contributed by atoms with Crippen LogP contribution in [0.2, 0.25) is 0 Å². The number of aryl methyl sites for hydroxylation is 1. The number of carbonyl (C=O) groups is 1. The monoisotopic (exact) mass is 394 g/mol. The van der Waals surface area contributed by atoms with Gasteiger partial charge in [0.15, 0.2) is 0 Å². The molecule has 3 rings (SSSR count). The number of nitrogens with one attached hydrogen (secondary N) is 1. The van der Waals surface area contributed by atoms with E-state index in [4.69, 9.17) is 4.74 Å². The van der Waals surface area contributed by atoms with Gasteiger partial charge in [0.05, 0.1) is 29.7 Å². The van der Waals surface area contributed by atoms with Crippen LogP contribution in [-0.4, -0.2) is 41.2 Å². The summed E-state index contributed by atoms with van der Waals surface area (Å²) in [5.41, 5.74) is -0.536. The zero-order valence-corrected chi connectivity index (χ0v) is 15.7. The molecule has 0 bridgehead atoms. The minimum Gasteiger partial charge on any atom is -0.372 e. The molecule has 0 aromatic carbocycles. The van der Waals surface area contributed by atoms with Crippen LogP contribution in [-0.2, 0) is 10.9 Å². The number of rotatable bonds is 3. The summed E-state index contributed by atoms with van der Waals surface area (Å²) < 4.78 is 44.0. The smallest absolute Gasteiger partial charge is 0.372 e. The number of morpholine rings is 1. The number of nitrogens with zero attached hydrogens (tertiary/aromatic N) is 3. The maximum atomic E-state index is 12.8. The molecule has 1 amide bonds. The molecule has 9 heteroatoms. The quantitative estimate of drug-likeness (QED) is 0.861. The molecule has 1 saturated heterocycles. The molecule has 2 atom stereocenters. The van der Waals surface area contributed by atoms with E-state index in [1.807, 2.05) is 13.8 Å².